The van der Waals surface area contributed by atoms with Crippen molar-refractivity contribution in [3.05, 3.63) is 33.8 Å². The lowest BCUT2D eigenvalue weighted by atomic mass is 10.0. The van der Waals surface area contributed by atoms with Gasteiger partial charge in [-0.2, -0.15) is 0 Å². The number of amides is 1. The Hall–Kier alpha value is -1.36. The van der Waals surface area contributed by atoms with E-state index in [1.807, 2.05) is 26.8 Å². The Kier molecular flexibility index (Phi) is 5.54. The summed E-state index contributed by atoms with van der Waals surface area (Å²) in [7, 11) is 0. The second-order valence-electron chi connectivity index (χ2n) is 4.96. The molecule has 104 valence electrons. The zero-order valence-corrected chi connectivity index (χ0v) is 12.8. The van der Waals surface area contributed by atoms with Crippen LogP contribution in [0.4, 0.5) is 0 Å². The van der Waals surface area contributed by atoms with E-state index in [-0.39, 0.29) is 11.8 Å². The fraction of sp³-hybridized carbons (Fsp3) is 0.429. The molecule has 5 heteroatoms. The quantitative estimate of drug-likeness (QED) is 0.873. The highest BCUT2D eigenvalue weighted by molar-refractivity contribution is 9.10. The van der Waals surface area contributed by atoms with E-state index in [1.165, 1.54) is 0 Å². The Morgan fingerprint density at radius 1 is 1.37 bits per heavy atom. The average molecular weight is 328 g/mol. The first-order valence-electron chi connectivity index (χ1n) is 6.11. The molecule has 19 heavy (non-hydrogen) atoms. The Balaban J connectivity index is 2.81. The SMILES string of the molecule is Cc1ccc(C(=O)N[C@@H](CC(C)C)C(=O)O)cc1Br. The van der Waals surface area contributed by atoms with Gasteiger partial charge >= 0.3 is 5.97 Å². The highest BCUT2D eigenvalue weighted by Gasteiger charge is 2.21. The first kappa shape index (κ1) is 15.7. The topological polar surface area (TPSA) is 66.4 Å². The minimum absolute atomic E-state index is 0.200. The molecule has 0 radical (unpaired) electrons. The number of hydrogen-bond donors (Lipinski definition) is 2. The van der Waals surface area contributed by atoms with Crippen molar-refractivity contribution in [2.75, 3.05) is 0 Å². The number of benzene rings is 1. The molecule has 0 aromatic heterocycles. The van der Waals surface area contributed by atoms with Crippen molar-refractivity contribution in [2.24, 2.45) is 5.92 Å². The van der Waals surface area contributed by atoms with Gasteiger partial charge in [-0.05, 0) is 37.0 Å². The van der Waals surface area contributed by atoms with Gasteiger partial charge in [-0.25, -0.2) is 4.79 Å². The van der Waals surface area contributed by atoms with Crippen LogP contribution in [0.5, 0.6) is 0 Å². The van der Waals surface area contributed by atoms with E-state index < -0.39 is 12.0 Å². The largest absolute Gasteiger partial charge is 0.480 e. The summed E-state index contributed by atoms with van der Waals surface area (Å²) >= 11 is 3.35. The lowest BCUT2D eigenvalue weighted by molar-refractivity contribution is -0.139. The molecule has 0 saturated heterocycles. The maximum atomic E-state index is 12.0. The molecule has 0 aliphatic heterocycles. The number of aryl methyl sites for hydroxylation is 1. The van der Waals surface area contributed by atoms with E-state index >= 15 is 0 Å². The van der Waals surface area contributed by atoms with Crippen LogP contribution in [-0.2, 0) is 4.79 Å². The van der Waals surface area contributed by atoms with E-state index in [4.69, 9.17) is 5.11 Å². The summed E-state index contributed by atoms with van der Waals surface area (Å²) in [5.41, 5.74) is 1.47. The van der Waals surface area contributed by atoms with Gasteiger partial charge in [-0.1, -0.05) is 35.8 Å². The highest BCUT2D eigenvalue weighted by atomic mass is 79.9. The van der Waals surface area contributed by atoms with E-state index in [0.717, 1.165) is 10.0 Å². The Morgan fingerprint density at radius 2 is 2.00 bits per heavy atom. The number of halogens is 1. The van der Waals surface area contributed by atoms with Gasteiger partial charge in [0.2, 0.25) is 0 Å². The molecular weight excluding hydrogens is 310 g/mol. The fourth-order valence-corrected chi connectivity index (χ4v) is 2.05. The van der Waals surface area contributed by atoms with Crippen molar-refractivity contribution in [2.45, 2.75) is 33.2 Å². The fourth-order valence-electron chi connectivity index (χ4n) is 1.67. The van der Waals surface area contributed by atoms with Crippen molar-refractivity contribution in [3.8, 4) is 0 Å². The number of aliphatic carboxylic acids is 1. The molecule has 0 bridgehead atoms. The van der Waals surface area contributed by atoms with Crippen LogP contribution >= 0.6 is 15.9 Å². The molecule has 2 N–H and O–H groups in total. The zero-order valence-electron chi connectivity index (χ0n) is 11.2. The number of nitrogens with one attached hydrogen (secondary N) is 1. The summed E-state index contributed by atoms with van der Waals surface area (Å²) in [6.07, 6.45) is 0.411. The molecule has 1 amide bonds. The van der Waals surface area contributed by atoms with Gasteiger partial charge in [0.15, 0.2) is 0 Å². The first-order chi connectivity index (χ1) is 8.81. The molecule has 0 fully saturated rings. The minimum atomic E-state index is -1.01. The Bertz CT molecular complexity index is 486. The predicted molar refractivity (Wildman–Crippen MR) is 77.2 cm³/mol. The standard InChI is InChI=1S/C14H18BrNO3/c1-8(2)6-12(14(18)19)16-13(17)10-5-4-9(3)11(15)7-10/h4-5,7-8,12H,6H2,1-3H3,(H,16,17)(H,18,19)/t12-/m0/s1. The van der Waals surface area contributed by atoms with Crippen molar-refractivity contribution >= 4 is 27.8 Å². The van der Waals surface area contributed by atoms with Crippen LogP contribution in [0, 0.1) is 12.8 Å². The van der Waals surface area contributed by atoms with E-state index in [2.05, 4.69) is 21.2 Å². The van der Waals surface area contributed by atoms with Gasteiger partial charge in [-0.3, -0.25) is 4.79 Å². The molecule has 4 nitrogen and oxygen atoms in total. The highest BCUT2D eigenvalue weighted by Crippen LogP contribution is 2.17. The van der Waals surface area contributed by atoms with Gasteiger partial charge in [0.1, 0.15) is 6.04 Å². The third-order valence-corrected chi connectivity index (χ3v) is 3.60. The molecule has 0 heterocycles. The lowest BCUT2D eigenvalue weighted by Gasteiger charge is -2.16. The molecule has 0 spiro atoms. The number of carboxylic acid groups (broad SMARTS) is 1. The molecule has 0 unspecified atom stereocenters. The number of carbonyl (C=O) groups excluding carboxylic acids is 1. The van der Waals surface area contributed by atoms with Crippen molar-refractivity contribution in [1.82, 2.24) is 5.32 Å². The van der Waals surface area contributed by atoms with Crippen LogP contribution in [0.1, 0.15) is 36.2 Å². The second-order valence-corrected chi connectivity index (χ2v) is 5.81. The van der Waals surface area contributed by atoms with Gasteiger partial charge in [0.25, 0.3) is 5.91 Å². The third kappa shape index (κ3) is 4.67. The van der Waals surface area contributed by atoms with E-state index in [9.17, 15) is 9.59 Å². The monoisotopic (exact) mass is 327 g/mol. The summed E-state index contributed by atoms with van der Waals surface area (Å²) in [5.74, 6) is -1.17. The zero-order chi connectivity index (χ0) is 14.6. The van der Waals surface area contributed by atoms with Crippen LogP contribution in [0.15, 0.2) is 22.7 Å². The number of rotatable bonds is 5. The molecule has 0 saturated carbocycles. The molecule has 1 aromatic carbocycles. The van der Waals surface area contributed by atoms with Crippen molar-refractivity contribution in [1.29, 1.82) is 0 Å². The summed E-state index contributed by atoms with van der Waals surface area (Å²) in [5, 5.41) is 11.6. The summed E-state index contributed by atoms with van der Waals surface area (Å²) in [4.78, 5) is 23.1. The molecule has 1 atom stereocenters. The first-order valence-corrected chi connectivity index (χ1v) is 6.90. The number of carboxylic acids is 1. The van der Waals surface area contributed by atoms with E-state index in [1.54, 1.807) is 12.1 Å². The van der Waals surface area contributed by atoms with Crippen LogP contribution in [0.2, 0.25) is 0 Å². The number of carbonyl (C=O) groups is 2. The maximum absolute atomic E-state index is 12.0. The van der Waals surface area contributed by atoms with Crippen molar-refractivity contribution in [3.63, 3.8) is 0 Å². The minimum Gasteiger partial charge on any atom is -0.480 e. The smallest absolute Gasteiger partial charge is 0.326 e. The van der Waals surface area contributed by atoms with Gasteiger partial charge in [0, 0.05) is 10.0 Å². The van der Waals surface area contributed by atoms with Crippen molar-refractivity contribution < 1.29 is 14.7 Å². The second kappa shape index (κ2) is 6.70. The van der Waals surface area contributed by atoms with Gasteiger partial charge in [0.05, 0.1) is 0 Å². The van der Waals surface area contributed by atoms with Crippen LogP contribution in [-0.4, -0.2) is 23.0 Å². The Labute approximate surface area is 121 Å². The predicted octanol–water partition coefficient (Wildman–Crippen LogP) is 2.99. The molecular formula is C14H18BrNO3. The maximum Gasteiger partial charge on any atom is 0.326 e. The molecule has 1 aromatic rings. The van der Waals surface area contributed by atoms with Gasteiger partial charge < -0.3 is 10.4 Å². The third-order valence-electron chi connectivity index (χ3n) is 2.74. The molecule has 0 aliphatic carbocycles. The Morgan fingerprint density at radius 3 is 2.47 bits per heavy atom. The molecule has 1 rings (SSSR count). The summed E-state index contributed by atoms with van der Waals surface area (Å²) in [6, 6.07) is 4.34. The van der Waals surface area contributed by atoms with Gasteiger partial charge in [-0.15, -0.1) is 0 Å². The molecule has 0 aliphatic rings. The van der Waals surface area contributed by atoms with E-state index in [0.29, 0.717) is 12.0 Å². The normalized spacial score (nSPS) is 12.3. The average Bonchev–Trinajstić information content (AvgIpc) is 2.31. The number of hydrogen-bond acceptors (Lipinski definition) is 2. The van der Waals surface area contributed by atoms with Crippen LogP contribution < -0.4 is 5.32 Å². The summed E-state index contributed by atoms with van der Waals surface area (Å²) < 4.78 is 0.830. The lowest BCUT2D eigenvalue weighted by Crippen LogP contribution is -2.41. The summed E-state index contributed by atoms with van der Waals surface area (Å²) in [6.45, 7) is 5.76. The van der Waals surface area contributed by atoms with Crippen LogP contribution in [0.3, 0.4) is 0 Å². The van der Waals surface area contributed by atoms with Crippen LogP contribution in [0.25, 0.3) is 0 Å².